The number of hydrogen-bond donors (Lipinski definition) is 8. The number of carbonyl (C=O) groups is 9. The number of methoxy groups -OCH3 is 2. The van der Waals surface area contributed by atoms with Gasteiger partial charge in [-0.1, -0.05) is 102 Å². The number of likely N-dealkylation sites (N-methyl/N-ethyl adjacent to an activating group) is 1. The van der Waals surface area contributed by atoms with Crippen LogP contribution in [0.25, 0.3) is 0 Å². The average molecular weight is 1370 g/mol. The molecule has 9 N–H and O–H groups in total. The number of urea groups is 1. The quantitative estimate of drug-likeness (QED) is 0.0170. The van der Waals surface area contributed by atoms with Gasteiger partial charge in [-0.25, -0.2) is 14.4 Å². The van der Waals surface area contributed by atoms with E-state index in [0.29, 0.717) is 43.1 Å². The summed E-state index contributed by atoms with van der Waals surface area (Å²) >= 11 is 6.86. The number of halogens is 1. The number of nitrogens with one attached hydrogen (secondary N) is 5. The van der Waals surface area contributed by atoms with Crippen LogP contribution in [0, 0.1) is 40.4 Å². The minimum Gasteiger partial charge on any atom is -0.495 e. The lowest BCUT2D eigenvalue weighted by atomic mass is 9.27. The van der Waals surface area contributed by atoms with E-state index >= 15 is 0 Å². The number of allylic oxidation sites excluding steroid dienone is 4. The van der Waals surface area contributed by atoms with Crippen LogP contribution in [-0.2, 0) is 54.1 Å². The van der Waals surface area contributed by atoms with E-state index in [2.05, 4.69) is 53.9 Å². The van der Waals surface area contributed by atoms with Gasteiger partial charge in [0.2, 0.25) is 23.6 Å². The largest absolute Gasteiger partial charge is 0.495 e. The fourth-order valence-electron chi connectivity index (χ4n) is 14.3. The van der Waals surface area contributed by atoms with E-state index in [-0.39, 0.29) is 95.7 Å². The number of nitrogens with two attached hydrogens (primary N) is 1. The zero-order valence-corrected chi connectivity index (χ0v) is 59.6. The lowest BCUT2D eigenvalue weighted by Crippen LogP contribution is -2.72. The van der Waals surface area contributed by atoms with Crippen molar-refractivity contribution < 1.29 is 77.0 Å². The molecule has 14 atom stereocenters. The molecule has 5 unspecified atom stereocenters. The number of nitrogens with zero attached hydrogens (tertiary/aromatic N) is 2. The van der Waals surface area contributed by atoms with E-state index in [0.717, 1.165) is 42.6 Å². The van der Waals surface area contributed by atoms with Gasteiger partial charge in [0.25, 0.3) is 5.91 Å². The van der Waals surface area contributed by atoms with Crippen LogP contribution in [0.1, 0.15) is 168 Å². The van der Waals surface area contributed by atoms with Crippen molar-refractivity contribution in [3.05, 3.63) is 89.0 Å². The zero-order chi connectivity index (χ0) is 71.9. The molecule has 2 heterocycles. The van der Waals surface area contributed by atoms with Crippen molar-refractivity contribution in [2.75, 3.05) is 51.7 Å². The number of unbranched alkanes of at least 4 members (excludes halogenated alkanes) is 2. The molecule has 0 radical (unpaired) electrons. The Bertz CT molecular complexity index is 3250. The maximum absolute atomic E-state index is 14.6. The molecule has 24 nitrogen and oxygen atoms in total. The molecule has 2 aliphatic heterocycles. The second-order valence-electron chi connectivity index (χ2n) is 27.8. The highest BCUT2D eigenvalue weighted by molar-refractivity contribution is 6.35. The van der Waals surface area contributed by atoms with Crippen molar-refractivity contribution in [3.63, 3.8) is 0 Å². The van der Waals surface area contributed by atoms with Gasteiger partial charge in [-0.2, -0.15) is 0 Å². The predicted molar refractivity (Wildman–Crippen MR) is 368 cm³/mol. The van der Waals surface area contributed by atoms with Crippen LogP contribution in [0.15, 0.2) is 72.9 Å². The molecule has 25 heteroatoms. The molecule has 4 aliphatic rings. The first kappa shape index (κ1) is 78.5. The number of rotatable bonds is 28. The van der Waals surface area contributed by atoms with Crippen molar-refractivity contribution in [2.24, 2.45) is 46.2 Å². The first-order chi connectivity index (χ1) is 45.7. The number of ether oxygens (including phenoxy) is 5. The van der Waals surface area contributed by atoms with Gasteiger partial charge in [0.1, 0.15) is 52.8 Å². The monoisotopic (exact) mass is 1370 g/mol. The average Bonchev–Trinajstić information content (AvgIpc) is 0.662. The van der Waals surface area contributed by atoms with Gasteiger partial charge in [-0.05, 0) is 156 Å². The van der Waals surface area contributed by atoms with Crippen LogP contribution < -0.4 is 42.0 Å². The molecule has 2 aromatic rings. The van der Waals surface area contributed by atoms with E-state index in [1.54, 1.807) is 57.2 Å². The van der Waals surface area contributed by atoms with Gasteiger partial charge in [0.15, 0.2) is 5.72 Å². The molecular formula is C72H105ClN8O16. The summed E-state index contributed by atoms with van der Waals surface area (Å²) in [5, 5.41) is 37.9. The van der Waals surface area contributed by atoms with E-state index in [1.807, 2.05) is 13.0 Å². The standard InChI is InChI=1S/C72H105ClN8O16/c1-15-17-31-71-40-50(44(6)16-2)69(71,9)51(41-71)66(88)95-33-22-18-19-30-58(82)78-61(42(3)4)63(85)77-53(28-24-32-75-67(74)89)62(84)76-52-27-21-20-26-49(52)64(86)80(11)46(8)65(87)97-57-38-59(83)81(12)54-36-47(37-55(93-13)60(54)73)34-43(5)25-23-29-56(94-14)72(92)39-48(96-68(90)79-72)35-45(7)70(57,10)91/h15,20-21,23,25-27,29,36-37,42,44-46,48,50-51,53,56-57,61,91-92H,1,16-19,22,24,28,30-35,38-41H2,2-14H3,(H,76,84)(H,77,85)(H,78,82)(H,79,90)(H3,74,75,89)/b29-23+,43-25+/t44?,45-,46-,48+,50?,51?,53-,56+,57-,61-,69?,70+,71?,72-/m0/s1. The minimum atomic E-state index is -2.08. The number of anilines is 2. The smallest absolute Gasteiger partial charge is 0.409 e. The Hall–Kier alpha value is -7.54. The summed E-state index contributed by atoms with van der Waals surface area (Å²) < 4.78 is 28.9. The SMILES string of the molecule is C=CCCC12CC(C(=O)OCCCCCC(=O)N[C@H](C(=O)N[C@@H](CCCNC(N)=O)C(=O)Nc3ccccc3C(=O)N(C)[C@@H](C)C(=O)O[C@H]3CC(=O)N(C)c4cc(cc(OC)c4Cl)C/C(C)=C/C=C/[C@@H](OC)[C@@]4(O)C[C@@H](C[C@H](C)[C@@]3(C)O)OC(=O)N4)C(C)C)C1(C)C(C(C)CC)C2. The highest BCUT2D eigenvalue weighted by atomic mass is 35.5. The fourth-order valence-corrected chi connectivity index (χ4v) is 14.6. The molecule has 2 saturated carbocycles. The Balaban J connectivity index is 1.13. The number of primary amides is 1. The normalized spacial score (nSPS) is 27.7. The first-order valence-corrected chi connectivity index (χ1v) is 34.3. The third-order valence-electron chi connectivity index (χ3n) is 21.0. The van der Waals surface area contributed by atoms with E-state index < -0.39 is 114 Å². The lowest BCUT2D eigenvalue weighted by molar-refractivity contribution is -0.284. The van der Waals surface area contributed by atoms with Crippen molar-refractivity contribution >= 4 is 76.6 Å². The number of hydrogen-bond acceptors (Lipinski definition) is 16. The van der Waals surface area contributed by atoms with Crippen molar-refractivity contribution in [3.8, 4) is 5.75 Å². The van der Waals surface area contributed by atoms with Crippen LogP contribution in [0.2, 0.25) is 5.02 Å². The Morgan fingerprint density at radius 2 is 1.69 bits per heavy atom. The molecule has 0 spiro atoms. The number of alkyl carbamates (subject to hydrolysis) is 1. The Morgan fingerprint density at radius 1 is 0.979 bits per heavy atom. The highest BCUT2D eigenvalue weighted by Crippen LogP contribution is 2.79. The Kier molecular flexibility index (Phi) is 27.7. The number of esters is 2. The van der Waals surface area contributed by atoms with Crippen molar-refractivity contribution in [1.29, 1.82) is 0 Å². The van der Waals surface area contributed by atoms with Gasteiger partial charge >= 0.3 is 24.1 Å². The fraction of sp³-hybridized carbons (Fsp3) is 0.625. The zero-order valence-electron chi connectivity index (χ0n) is 58.8. The highest BCUT2D eigenvalue weighted by Gasteiger charge is 2.75. The topological polar surface area (TPSA) is 333 Å². The molecule has 2 aromatic carbocycles. The number of fused-ring (bicyclic) bond motifs is 5. The summed E-state index contributed by atoms with van der Waals surface area (Å²) in [6, 6.07) is 4.80. The molecular weight excluding hydrogens is 1270 g/mol. The number of aliphatic hydroxyl groups is 2. The van der Waals surface area contributed by atoms with Gasteiger partial charge in [-0.3, -0.25) is 34.1 Å². The summed E-state index contributed by atoms with van der Waals surface area (Å²) in [6.07, 6.45) is 8.60. The molecule has 3 fully saturated rings. The molecule has 2 aliphatic carbocycles. The number of carbonyl (C=O) groups excluding carboxylic acids is 9. The molecule has 97 heavy (non-hydrogen) atoms. The third kappa shape index (κ3) is 18.8. The van der Waals surface area contributed by atoms with E-state index in [4.69, 9.17) is 41.0 Å². The summed E-state index contributed by atoms with van der Waals surface area (Å²) in [4.78, 5) is 126. The summed E-state index contributed by atoms with van der Waals surface area (Å²) in [5.74, 6) is -4.69. The second-order valence-corrected chi connectivity index (χ2v) is 28.2. The maximum Gasteiger partial charge on any atom is 0.409 e. The maximum atomic E-state index is 14.6. The summed E-state index contributed by atoms with van der Waals surface area (Å²) in [5.41, 5.74) is 3.04. The van der Waals surface area contributed by atoms with Gasteiger partial charge < -0.3 is 70.7 Å². The number of benzene rings is 2. The molecule has 4 bridgehead atoms. The number of para-hydroxylation sites is 1. The number of amides is 8. The molecule has 1 saturated heterocycles. The summed E-state index contributed by atoms with van der Waals surface area (Å²) in [6.45, 7) is 20.6. The minimum absolute atomic E-state index is 0.0103. The molecule has 6 rings (SSSR count). The predicted octanol–water partition coefficient (Wildman–Crippen LogP) is 8.97. The van der Waals surface area contributed by atoms with Crippen LogP contribution in [0.5, 0.6) is 5.75 Å². The lowest BCUT2D eigenvalue weighted by Gasteiger charge is -2.76. The van der Waals surface area contributed by atoms with Crippen molar-refractivity contribution in [1.82, 2.24) is 26.2 Å². The van der Waals surface area contributed by atoms with Crippen LogP contribution >= 0.6 is 11.6 Å². The van der Waals surface area contributed by atoms with Crippen LogP contribution in [-0.4, -0.2) is 158 Å². The van der Waals surface area contributed by atoms with E-state index in [9.17, 15) is 53.4 Å². The van der Waals surface area contributed by atoms with Crippen LogP contribution in [0.4, 0.5) is 21.0 Å². The van der Waals surface area contributed by atoms with Crippen molar-refractivity contribution in [2.45, 2.75) is 206 Å². The van der Waals surface area contributed by atoms with Gasteiger partial charge in [0.05, 0.1) is 43.0 Å². The Morgan fingerprint density at radius 3 is 2.35 bits per heavy atom. The Labute approximate surface area is 576 Å². The van der Waals surface area contributed by atoms with Gasteiger partial charge in [-0.15, -0.1) is 6.58 Å². The molecule has 0 aromatic heterocycles. The van der Waals surface area contributed by atoms with Crippen LogP contribution in [0.3, 0.4) is 0 Å². The molecule has 536 valence electrons. The second kappa shape index (κ2) is 34.3. The van der Waals surface area contributed by atoms with Gasteiger partial charge in [0, 0.05) is 40.6 Å². The summed E-state index contributed by atoms with van der Waals surface area (Å²) in [7, 11) is 5.59. The van der Waals surface area contributed by atoms with E-state index in [1.165, 1.54) is 65.3 Å². The molecule has 8 amide bonds. The third-order valence-corrected chi connectivity index (χ3v) is 21.4. The first-order valence-electron chi connectivity index (χ1n) is 33.9.